The van der Waals surface area contributed by atoms with Gasteiger partial charge in [0.05, 0.1) is 36.8 Å². The van der Waals surface area contributed by atoms with Crippen LogP contribution in [0.1, 0.15) is 43.0 Å². The third-order valence-electron chi connectivity index (χ3n) is 7.72. The molecule has 196 valence electrons. The molecule has 2 fully saturated rings. The zero-order chi connectivity index (χ0) is 25.9. The van der Waals surface area contributed by atoms with E-state index in [9.17, 15) is 4.79 Å². The molecule has 1 saturated carbocycles. The van der Waals surface area contributed by atoms with E-state index in [1.165, 1.54) is 0 Å². The second-order valence-electron chi connectivity index (χ2n) is 10.2. The SMILES string of the molecule is Nc1cncc2c(-c3cccc(OCc4ccccc4)c3)nc(C3CCC(C(=O)N4CCOCC4)CC3)n12. The van der Waals surface area contributed by atoms with E-state index in [1.54, 1.807) is 6.20 Å². The van der Waals surface area contributed by atoms with Gasteiger partial charge < -0.3 is 20.1 Å². The monoisotopic (exact) mass is 511 g/mol. The second-order valence-corrected chi connectivity index (χ2v) is 10.2. The third-order valence-corrected chi connectivity index (χ3v) is 7.72. The summed E-state index contributed by atoms with van der Waals surface area (Å²) in [6, 6.07) is 18.1. The summed E-state index contributed by atoms with van der Waals surface area (Å²) in [5, 5.41) is 0. The number of nitrogens with zero attached hydrogens (tertiary/aromatic N) is 4. The van der Waals surface area contributed by atoms with Crippen LogP contribution in [-0.2, 0) is 16.1 Å². The van der Waals surface area contributed by atoms with Gasteiger partial charge in [0.15, 0.2) is 0 Å². The van der Waals surface area contributed by atoms with E-state index in [-0.39, 0.29) is 17.7 Å². The Kier molecular flexibility index (Phi) is 6.96. The normalized spacial score (nSPS) is 19.9. The molecule has 1 amide bonds. The molecule has 2 aromatic heterocycles. The van der Waals surface area contributed by atoms with E-state index in [0.717, 1.165) is 59.6 Å². The topological polar surface area (TPSA) is 95.0 Å². The van der Waals surface area contributed by atoms with Crippen molar-refractivity contribution in [2.45, 2.75) is 38.2 Å². The van der Waals surface area contributed by atoms with Crippen molar-refractivity contribution in [3.63, 3.8) is 0 Å². The molecule has 0 atom stereocenters. The maximum absolute atomic E-state index is 13.0. The first-order valence-electron chi connectivity index (χ1n) is 13.4. The number of aromatic nitrogens is 3. The predicted octanol–water partition coefficient (Wildman–Crippen LogP) is 4.69. The average Bonchev–Trinajstić information content (AvgIpc) is 3.38. The van der Waals surface area contributed by atoms with Crippen LogP contribution in [0.2, 0.25) is 0 Å². The van der Waals surface area contributed by atoms with Gasteiger partial charge in [-0.3, -0.25) is 14.2 Å². The lowest BCUT2D eigenvalue weighted by atomic mass is 9.81. The van der Waals surface area contributed by atoms with Crippen LogP contribution >= 0.6 is 0 Å². The van der Waals surface area contributed by atoms with Crippen molar-refractivity contribution < 1.29 is 14.3 Å². The van der Waals surface area contributed by atoms with E-state index < -0.39 is 0 Å². The molecular formula is C30H33N5O3. The molecule has 2 aromatic carbocycles. The highest BCUT2D eigenvalue weighted by molar-refractivity contribution is 5.80. The van der Waals surface area contributed by atoms with Crippen LogP contribution in [-0.4, -0.2) is 51.5 Å². The van der Waals surface area contributed by atoms with Crippen LogP contribution in [0.25, 0.3) is 16.8 Å². The molecule has 3 heterocycles. The van der Waals surface area contributed by atoms with Crippen molar-refractivity contribution in [3.8, 4) is 17.0 Å². The van der Waals surface area contributed by atoms with E-state index in [4.69, 9.17) is 20.2 Å². The molecule has 8 nitrogen and oxygen atoms in total. The number of hydrogen-bond donors (Lipinski definition) is 1. The van der Waals surface area contributed by atoms with Crippen LogP contribution in [0.5, 0.6) is 5.75 Å². The van der Waals surface area contributed by atoms with E-state index in [0.29, 0.717) is 38.7 Å². The summed E-state index contributed by atoms with van der Waals surface area (Å²) < 4.78 is 13.5. The Hall–Kier alpha value is -3.91. The van der Waals surface area contributed by atoms with Gasteiger partial charge in [-0.2, -0.15) is 0 Å². The fraction of sp³-hybridized carbons (Fsp3) is 0.367. The number of fused-ring (bicyclic) bond motifs is 1. The van der Waals surface area contributed by atoms with Crippen molar-refractivity contribution in [1.82, 2.24) is 19.3 Å². The number of carbonyl (C=O) groups is 1. The minimum Gasteiger partial charge on any atom is -0.489 e. The molecule has 2 aliphatic rings. The summed E-state index contributed by atoms with van der Waals surface area (Å²) >= 11 is 0. The van der Waals surface area contributed by atoms with Gasteiger partial charge in [-0.15, -0.1) is 0 Å². The van der Waals surface area contributed by atoms with Crippen molar-refractivity contribution in [3.05, 3.63) is 78.4 Å². The summed E-state index contributed by atoms with van der Waals surface area (Å²) in [7, 11) is 0. The van der Waals surface area contributed by atoms with Crippen molar-refractivity contribution in [1.29, 1.82) is 0 Å². The summed E-state index contributed by atoms with van der Waals surface area (Å²) in [5.74, 6) is 2.88. The van der Waals surface area contributed by atoms with E-state index in [2.05, 4.69) is 17.1 Å². The first-order valence-corrected chi connectivity index (χ1v) is 13.4. The van der Waals surface area contributed by atoms with E-state index >= 15 is 0 Å². The summed E-state index contributed by atoms with van der Waals surface area (Å²) in [6.07, 6.45) is 7.03. The van der Waals surface area contributed by atoms with Crippen LogP contribution in [0.3, 0.4) is 0 Å². The molecule has 0 unspecified atom stereocenters. The Labute approximate surface area is 222 Å². The van der Waals surface area contributed by atoms with Gasteiger partial charge in [0, 0.05) is 30.5 Å². The molecule has 8 heteroatoms. The van der Waals surface area contributed by atoms with Crippen LogP contribution in [0.4, 0.5) is 5.82 Å². The standard InChI is InChI=1S/C30H33N5O3/c31-27-19-32-18-26-28(24-7-4-8-25(17-24)38-20-21-5-2-1-3-6-21)33-29(35(26)27)22-9-11-23(12-10-22)30(36)34-13-15-37-16-14-34/h1-8,17-19,22-23H,9-16,20,31H2. The number of ether oxygens (including phenoxy) is 2. The Bertz CT molecular complexity index is 1410. The molecule has 1 aliphatic heterocycles. The average molecular weight is 512 g/mol. The number of carbonyl (C=O) groups excluding carboxylic acids is 1. The van der Waals surface area contributed by atoms with Gasteiger partial charge in [0.1, 0.15) is 24.0 Å². The minimum absolute atomic E-state index is 0.0764. The predicted molar refractivity (Wildman–Crippen MR) is 146 cm³/mol. The highest BCUT2D eigenvalue weighted by Crippen LogP contribution is 2.39. The van der Waals surface area contributed by atoms with Crippen molar-refractivity contribution in [2.24, 2.45) is 5.92 Å². The van der Waals surface area contributed by atoms with Crippen molar-refractivity contribution >= 4 is 17.2 Å². The largest absolute Gasteiger partial charge is 0.489 e. The van der Waals surface area contributed by atoms with Gasteiger partial charge in [-0.05, 0) is 43.4 Å². The third kappa shape index (κ3) is 4.96. The molecule has 6 rings (SSSR count). The molecule has 1 aliphatic carbocycles. The number of benzene rings is 2. The molecule has 38 heavy (non-hydrogen) atoms. The van der Waals surface area contributed by atoms with E-state index in [1.807, 2.05) is 58.0 Å². The number of nitrogen functional groups attached to an aromatic ring is 1. The highest BCUT2D eigenvalue weighted by Gasteiger charge is 2.33. The number of morpholine rings is 1. The lowest BCUT2D eigenvalue weighted by Gasteiger charge is -2.33. The van der Waals surface area contributed by atoms with Crippen LogP contribution < -0.4 is 10.5 Å². The Morgan fingerprint density at radius 3 is 2.58 bits per heavy atom. The van der Waals surface area contributed by atoms with Gasteiger partial charge in [-0.25, -0.2) is 4.98 Å². The van der Waals surface area contributed by atoms with Crippen LogP contribution in [0, 0.1) is 5.92 Å². The number of hydrogen-bond acceptors (Lipinski definition) is 6. The van der Waals surface area contributed by atoms with Gasteiger partial charge in [0.25, 0.3) is 0 Å². The molecular weight excluding hydrogens is 478 g/mol. The maximum atomic E-state index is 13.0. The number of imidazole rings is 1. The van der Waals surface area contributed by atoms with Crippen LogP contribution in [0.15, 0.2) is 67.0 Å². The van der Waals surface area contributed by atoms with Gasteiger partial charge in [-0.1, -0.05) is 42.5 Å². The maximum Gasteiger partial charge on any atom is 0.225 e. The molecule has 1 saturated heterocycles. The summed E-state index contributed by atoms with van der Waals surface area (Å²) in [4.78, 5) is 24.5. The molecule has 0 spiro atoms. The summed E-state index contributed by atoms with van der Waals surface area (Å²) in [5.41, 5.74) is 10.2. The summed E-state index contributed by atoms with van der Waals surface area (Å²) in [6.45, 7) is 3.17. The fourth-order valence-corrected chi connectivity index (χ4v) is 5.68. The lowest BCUT2D eigenvalue weighted by Crippen LogP contribution is -2.44. The fourth-order valence-electron chi connectivity index (χ4n) is 5.68. The van der Waals surface area contributed by atoms with Gasteiger partial charge in [0.2, 0.25) is 5.91 Å². The zero-order valence-electron chi connectivity index (χ0n) is 21.5. The highest BCUT2D eigenvalue weighted by atomic mass is 16.5. The number of nitrogens with two attached hydrogens (primary N) is 1. The van der Waals surface area contributed by atoms with Crippen molar-refractivity contribution in [2.75, 3.05) is 32.0 Å². The molecule has 4 aromatic rings. The number of rotatable bonds is 6. The number of anilines is 1. The Balaban J connectivity index is 1.23. The molecule has 2 N–H and O–H groups in total. The molecule has 0 bridgehead atoms. The lowest BCUT2D eigenvalue weighted by molar-refractivity contribution is -0.140. The zero-order valence-corrected chi connectivity index (χ0v) is 21.5. The quantitative estimate of drug-likeness (QED) is 0.404. The minimum atomic E-state index is 0.0764. The number of amides is 1. The Morgan fingerprint density at radius 2 is 1.79 bits per heavy atom. The molecule has 0 radical (unpaired) electrons. The van der Waals surface area contributed by atoms with Gasteiger partial charge >= 0.3 is 0 Å². The Morgan fingerprint density at radius 1 is 1.00 bits per heavy atom. The second kappa shape index (κ2) is 10.8. The first kappa shape index (κ1) is 24.4. The first-order chi connectivity index (χ1) is 18.7. The smallest absolute Gasteiger partial charge is 0.225 e.